The number of halogens is 1. The van der Waals surface area contributed by atoms with Gasteiger partial charge in [-0.05, 0) is 31.2 Å². The van der Waals surface area contributed by atoms with E-state index in [0.29, 0.717) is 27.7 Å². The first kappa shape index (κ1) is 16.3. The van der Waals surface area contributed by atoms with Crippen LogP contribution in [0.25, 0.3) is 22.3 Å². The molecule has 0 saturated heterocycles. The van der Waals surface area contributed by atoms with Crippen LogP contribution in [0.2, 0.25) is 5.02 Å². The van der Waals surface area contributed by atoms with E-state index in [4.69, 9.17) is 11.6 Å². The van der Waals surface area contributed by atoms with Crippen molar-refractivity contribution in [3.63, 3.8) is 0 Å². The number of H-pyrrole nitrogens is 2. The summed E-state index contributed by atoms with van der Waals surface area (Å²) < 4.78 is 0. The Bertz CT molecular complexity index is 1120. The van der Waals surface area contributed by atoms with Crippen LogP contribution < -0.4 is 10.9 Å². The maximum Gasteiger partial charge on any atom is 0.253 e. The van der Waals surface area contributed by atoms with Crippen molar-refractivity contribution in [2.24, 2.45) is 0 Å². The van der Waals surface area contributed by atoms with Crippen molar-refractivity contribution < 1.29 is 0 Å². The van der Waals surface area contributed by atoms with Crippen molar-refractivity contribution in [3.05, 3.63) is 69.7 Å². The number of pyridine rings is 1. The standard InChI is InChI=1S/C18H15ClN6O/c1-10(12-9-11-3-2-4-13(19)16(11)24-17(12)26)22-18-20-7-5-14(23-18)15-6-8-21-25-15/h2-10H,1H3,(H,21,25)(H,24,26)(H,20,22,23)/t10-/m0/s1. The van der Waals surface area contributed by atoms with Crippen molar-refractivity contribution in [3.8, 4) is 11.4 Å². The molecule has 0 spiro atoms. The Morgan fingerprint density at radius 3 is 2.88 bits per heavy atom. The lowest BCUT2D eigenvalue weighted by atomic mass is 10.1. The van der Waals surface area contributed by atoms with E-state index in [-0.39, 0.29) is 11.6 Å². The summed E-state index contributed by atoms with van der Waals surface area (Å²) in [4.78, 5) is 24.0. The number of benzene rings is 1. The number of rotatable bonds is 4. The fourth-order valence-corrected chi connectivity index (χ4v) is 3.01. The van der Waals surface area contributed by atoms with Crippen molar-refractivity contribution in [2.45, 2.75) is 13.0 Å². The van der Waals surface area contributed by atoms with Gasteiger partial charge in [-0.15, -0.1) is 0 Å². The van der Waals surface area contributed by atoms with Crippen LogP contribution in [0.15, 0.2) is 53.6 Å². The highest BCUT2D eigenvalue weighted by molar-refractivity contribution is 6.35. The number of anilines is 1. The summed E-state index contributed by atoms with van der Waals surface area (Å²) in [7, 11) is 0. The van der Waals surface area contributed by atoms with Gasteiger partial charge in [0.2, 0.25) is 5.95 Å². The van der Waals surface area contributed by atoms with Crippen molar-refractivity contribution in [1.82, 2.24) is 25.1 Å². The van der Waals surface area contributed by atoms with E-state index < -0.39 is 0 Å². The highest BCUT2D eigenvalue weighted by atomic mass is 35.5. The number of aromatic nitrogens is 5. The second-order valence-corrected chi connectivity index (χ2v) is 6.27. The lowest BCUT2D eigenvalue weighted by molar-refractivity contribution is 0.845. The van der Waals surface area contributed by atoms with E-state index >= 15 is 0 Å². The third-order valence-electron chi connectivity index (χ3n) is 4.10. The molecular weight excluding hydrogens is 352 g/mol. The minimum atomic E-state index is -0.292. The first-order chi connectivity index (χ1) is 12.6. The van der Waals surface area contributed by atoms with Gasteiger partial charge in [-0.25, -0.2) is 9.97 Å². The SMILES string of the molecule is C[C@H](Nc1nccc(-c2ccn[nH]2)n1)c1cc2cccc(Cl)c2[nH]c1=O. The summed E-state index contributed by atoms with van der Waals surface area (Å²) in [6.07, 6.45) is 3.32. The average molecular weight is 367 g/mol. The lowest BCUT2D eigenvalue weighted by Gasteiger charge is -2.14. The van der Waals surface area contributed by atoms with Crippen LogP contribution in [0.3, 0.4) is 0 Å². The minimum Gasteiger partial charge on any atom is -0.347 e. The molecule has 0 aliphatic carbocycles. The molecule has 0 amide bonds. The number of hydrogen-bond acceptors (Lipinski definition) is 5. The topological polar surface area (TPSA) is 99.3 Å². The third kappa shape index (κ3) is 3.04. The molecule has 3 heterocycles. The third-order valence-corrected chi connectivity index (χ3v) is 4.42. The number of aromatic amines is 2. The Kier molecular flexibility index (Phi) is 4.14. The Morgan fingerprint density at radius 1 is 1.19 bits per heavy atom. The number of para-hydroxylation sites is 1. The van der Waals surface area contributed by atoms with Crippen molar-refractivity contribution in [2.75, 3.05) is 5.32 Å². The molecule has 1 aromatic carbocycles. The van der Waals surface area contributed by atoms with Crippen LogP contribution >= 0.6 is 11.6 Å². The lowest BCUT2D eigenvalue weighted by Crippen LogP contribution is -2.20. The molecule has 7 nitrogen and oxygen atoms in total. The van der Waals surface area contributed by atoms with Crippen molar-refractivity contribution >= 4 is 28.5 Å². The number of nitrogens with one attached hydrogen (secondary N) is 3. The molecule has 130 valence electrons. The smallest absolute Gasteiger partial charge is 0.253 e. The van der Waals surface area contributed by atoms with Crippen LogP contribution in [-0.2, 0) is 0 Å². The van der Waals surface area contributed by atoms with Gasteiger partial charge in [-0.1, -0.05) is 23.7 Å². The van der Waals surface area contributed by atoms with Crippen LogP contribution in [-0.4, -0.2) is 25.1 Å². The van der Waals surface area contributed by atoms with Gasteiger partial charge in [0.05, 0.1) is 28.0 Å². The normalized spacial score (nSPS) is 12.2. The first-order valence-corrected chi connectivity index (χ1v) is 8.40. The quantitative estimate of drug-likeness (QED) is 0.513. The molecule has 26 heavy (non-hydrogen) atoms. The summed E-state index contributed by atoms with van der Waals surface area (Å²) in [5.41, 5.74) is 2.52. The molecule has 4 rings (SSSR count). The molecule has 1 atom stereocenters. The fourth-order valence-electron chi connectivity index (χ4n) is 2.78. The zero-order valence-corrected chi connectivity index (χ0v) is 14.6. The number of hydrogen-bond donors (Lipinski definition) is 3. The second-order valence-electron chi connectivity index (χ2n) is 5.86. The predicted molar refractivity (Wildman–Crippen MR) is 101 cm³/mol. The molecule has 0 unspecified atom stereocenters. The molecule has 8 heteroatoms. The Labute approximate surface area is 153 Å². The summed E-state index contributed by atoms with van der Waals surface area (Å²) in [6.45, 7) is 1.88. The molecular formula is C18H15ClN6O. The summed E-state index contributed by atoms with van der Waals surface area (Å²) in [5.74, 6) is 0.426. The minimum absolute atomic E-state index is 0.199. The maximum atomic E-state index is 12.5. The molecule has 3 aromatic heterocycles. The highest BCUT2D eigenvalue weighted by Crippen LogP contribution is 2.23. The molecule has 4 aromatic rings. The molecule has 0 radical (unpaired) electrons. The average Bonchev–Trinajstić information content (AvgIpc) is 3.17. The zero-order valence-electron chi connectivity index (χ0n) is 13.8. The van der Waals surface area contributed by atoms with Crippen molar-refractivity contribution in [1.29, 1.82) is 0 Å². The largest absolute Gasteiger partial charge is 0.347 e. The Hall–Kier alpha value is -3.19. The van der Waals surface area contributed by atoms with E-state index in [1.54, 1.807) is 24.5 Å². The van der Waals surface area contributed by atoms with E-state index in [2.05, 4.69) is 30.5 Å². The second kappa shape index (κ2) is 6.61. The van der Waals surface area contributed by atoms with Crippen LogP contribution in [0.1, 0.15) is 18.5 Å². The maximum absolute atomic E-state index is 12.5. The van der Waals surface area contributed by atoms with Gasteiger partial charge in [0, 0.05) is 23.3 Å². The molecule has 0 aliphatic rings. The Morgan fingerprint density at radius 2 is 2.08 bits per heavy atom. The van der Waals surface area contributed by atoms with Crippen LogP contribution in [0, 0.1) is 0 Å². The molecule has 0 fully saturated rings. The number of fused-ring (bicyclic) bond motifs is 1. The zero-order chi connectivity index (χ0) is 18.1. The molecule has 0 saturated carbocycles. The first-order valence-electron chi connectivity index (χ1n) is 8.02. The fraction of sp³-hybridized carbons (Fsp3) is 0.111. The van der Waals surface area contributed by atoms with Gasteiger partial charge < -0.3 is 10.3 Å². The van der Waals surface area contributed by atoms with Gasteiger partial charge in [0.25, 0.3) is 5.56 Å². The molecule has 0 bridgehead atoms. The molecule has 0 aliphatic heterocycles. The summed E-state index contributed by atoms with van der Waals surface area (Å²) in [6, 6.07) is 10.7. The van der Waals surface area contributed by atoms with Crippen LogP contribution in [0.4, 0.5) is 5.95 Å². The predicted octanol–water partition coefficient (Wildman–Crippen LogP) is 3.53. The van der Waals surface area contributed by atoms with E-state index in [1.807, 2.05) is 31.2 Å². The van der Waals surface area contributed by atoms with E-state index in [9.17, 15) is 4.79 Å². The van der Waals surface area contributed by atoms with Gasteiger partial charge in [0.1, 0.15) is 0 Å². The number of nitrogens with zero attached hydrogens (tertiary/aromatic N) is 3. The van der Waals surface area contributed by atoms with Crippen LogP contribution in [0.5, 0.6) is 0 Å². The van der Waals surface area contributed by atoms with Gasteiger partial charge in [-0.2, -0.15) is 5.10 Å². The van der Waals surface area contributed by atoms with Gasteiger partial charge in [0.15, 0.2) is 0 Å². The van der Waals surface area contributed by atoms with Gasteiger partial charge in [-0.3, -0.25) is 9.89 Å². The molecule has 3 N–H and O–H groups in total. The highest BCUT2D eigenvalue weighted by Gasteiger charge is 2.14. The summed E-state index contributed by atoms with van der Waals surface area (Å²) in [5, 5.41) is 11.3. The Balaban J connectivity index is 1.66. The van der Waals surface area contributed by atoms with E-state index in [0.717, 1.165) is 11.1 Å². The summed E-state index contributed by atoms with van der Waals surface area (Å²) >= 11 is 6.14. The van der Waals surface area contributed by atoms with E-state index in [1.165, 1.54) is 0 Å². The monoisotopic (exact) mass is 366 g/mol. The van der Waals surface area contributed by atoms with Gasteiger partial charge >= 0.3 is 0 Å².